The Labute approximate surface area is 208 Å². The minimum atomic E-state index is -0.236. The Kier molecular flexibility index (Phi) is 7.42. The number of aliphatic hydroxyl groups is 1. The third kappa shape index (κ3) is 4.96. The Balaban J connectivity index is 1.40. The van der Waals surface area contributed by atoms with Crippen LogP contribution in [0.5, 0.6) is 5.75 Å². The monoisotopic (exact) mass is 478 g/mol. The van der Waals surface area contributed by atoms with Gasteiger partial charge in [0.2, 0.25) is 0 Å². The zero-order valence-electron chi connectivity index (χ0n) is 20.8. The molecule has 2 heterocycles. The zero-order valence-corrected chi connectivity index (χ0v) is 20.8. The van der Waals surface area contributed by atoms with Crippen molar-refractivity contribution in [1.82, 2.24) is 9.88 Å². The van der Waals surface area contributed by atoms with E-state index in [-0.39, 0.29) is 18.7 Å². The average molecular weight is 479 g/mol. The van der Waals surface area contributed by atoms with Crippen molar-refractivity contribution in [1.29, 1.82) is 0 Å². The molecule has 7 nitrogen and oxygen atoms in total. The van der Waals surface area contributed by atoms with Gasteiger partial charge in [0.15, 0.2) is 5.82 Å². The number of aliphatic hydroxyl groups excluding tert-OH is 1. The third-order valence-corrected chi connectivity index (χ3v) is 7.97. The molecule has 188 valence electrons. The molecule has 1 amide bonds. The molecule has 3 aliphatic rings. The first kappa shape index (κ1) is 23.9. The molecule has 0 radical (unpaired) electrons. The molecule has 1 aromatic carbocycles. The van der Waals surface area contributed by atoms with Crippen LogP contribution in [-0.2, 0) is 6.54 Å². The first-order chi connectivity index (χ1) is 17.2. The Bertz CT molecular complexity index is 999. The highest BCUT2D eigenvalue weighted by molar-refractivity contribution is 5.97. The van der Waals surface area contributed by atoms with E-state index in [0.29, 0.717) is 29.9 Å². The highest BCUT2D eigenvalue weighted by atomic mass is 16.5. The highest BCUT2D eigenvalue weighted by Gasteiger charge is 2.34. The smallest absolute Gasteiger partial charge is 0.258 e. The number of ether oxygens (including phenoxy) is 1. The van der Waals surface area contributed by atoms with Gasteiger partial charge in [-0.25, -0.2) is 4.98 Å². The van der Waals surface area contributed by atoms with Crippen LogP contribution in [0.2, 0.25) is 0 Å². The molecule has 1 atom stereocenters. The van der Waals surface area contributed by atoms with Crippen LogP contribution in [-0.4, -0.2) is 52.9 Å². The molecule has 0 bridgehead atoms. The maximum absolute atomic E-state index is 14.0. The van der Waals surface area contributed by atoms with Gasteiger partial charge >= 0.3 is 0 Å². The molecule has 1 aliphatic heterocycles. The number of amides is 1. The van der Waals surface area contributed by atoms with E-state index in [1.807, 2.05) is 30.3 Å². The van der Waals surface area contributed by atoms with E-state index in [9.17, 15) is 9.90 Å². The number of carbonyl (C=O) groups excluding carboxylic acids is 1. The highest BCUT2D eigenvalue weighted by Crippen LogP contribution is 2.36. The van der Waals surface area contributed by atoms with E-state index in [1.165, 1.54) is 38.5 Å². The van der Waals surface area contributed by atoms with Crippen LogP contribution in [0.3, 0.4) is 0 Å². The minimum absolute atomic E-state index is 0.0260. The number of carbonyl (C=O) groups is 1. The molecular weight excluding hydrogens is 440 g/mol. The van der Waals surface area contributed by atoms with Crippen molar-refractivity contribution in [2.75, 3.05) is 23.9 Å². The Morgan fingerprint density at radius 2 is 1.77 bits per heavy atom. The summed E-state index contributed by atoms with van der Waals surface area (Å²) in [5, 5.41) is 13.2. The summed E-state index contributed by atoms with van der Waals surface area (Å²) in [5.74, 6) is 1.53. The van der Waals surface area contributed by atoms with Gasteiger partial charge in [-0.1, -0.05) is 44.6 Å². The molecule has 1 aromatic heterocycles. The van der Waals surface area contributed by atoms with Crippen LogP contribution < -0.4 is 15.0 Å². The summed E-state index contributed by atoms with van der Waals surface area (Å²) in [6, 6.07) is 10.5. The number of benzene rings is 1. The number of methoxy groups -OCH3 is 1. The fourth-order valence-corrected chi connectivity index (χ4v) is 6.18. The lowest BCUT2D eigenvalue weighted by Crippen LogP contribution is -2.48. The van der Waals surface area contributed by atoms with Crippen molar-refractivity contribution in [3.05, 3.63) is 47.7 Å². The first-order valence-corrected chi connectivity index (χ1v) is 13.3. The van der Waals surface area contributed by atoms with Crippen molar-refractivity contribution in [3.63, 3.8) is 0 Å². The van der Waals surface area contributed by atoms with Gasteiger partial charge in [0.05, 0.1) is 25.0 Å². The normalized spacial score (nSPS) is 20.9. The van der Waals surface area contributed by atoms with Gasteiger partial charge in [-0.2, -0.15) is 0 Å². The summed E-state index contributed by atoms with van der Waals surface area (Å²) in [4.78, 5) is 22.8. The molecule has 0 spiro atoms. The molecule has 2 aliphatic carbocycles. The number of rotatable bonds is 7. The van der Waals surface area contributed by atoms with Crippen LogP contribution >= 0.6 is 0 Å². The van der Waals surface area contributed by atoms with Gasteiger partial charge in [0.1, 0.15) is 11.9 Å². The molecule has 5 rings (SSSR count). The van der Waals surface area contributed by atoms with E-state index in [1.54, 1.807) is 13.3 Å². The number of fused-ring (bicyclic) bond motifs is 1. The maximum atomic E-state index is 14.0. The van der Waals surface area contributed by atoms with Gasteiger partial charge < -0.3 is 25.0 Å². The summed E-state index contributed by atoms with van der Waals surface area (Å²) in [6.45, 7) is 0.554. The summed E-state index contributed by atoms with van der Waals surface area (Å²) in [5.41, 5.74) is 2.65. The molecule has 2 N–H and O–H groups in total. The van der Waals surface area contributed by atoms with Crippen molar-refractivity contribution in [2.45, 2.75) is 89.0 Å². The lowest BCUT2D eigenvalue weighted by molar-refractivity contribution is 0.0445. The van der Waals surface area contributed by atoms with E-state index in [2.05, 4.69) is 20.1 Å². The third-order valence-electron chi connectivity index (χ3n) is 7.97. The van der Waals surface area contributed by atoms with Gasteiger partial charge in [-0.15, -0.1) is 0 Å². The zero-order chi connectivity index (χ0) is 24.2. The minimum Gasteiger partial charge on any atom is -0.496 e. The number of anilines is 2. The summed E-state index contributed by atoms with van der Waals surface area (Å²) >= 11 is 0. The lowest BCUT2D eigenvalue weighted by Gasteiger charge is -2.42. The number of pyridine rings is 1. The van der Waals surface area contributed by atoms with Gasteiger partial charge in [-0.3, -0.25) is 4.79 Å². The van der Waals surface area contributed by atoms with E-state index in [0.717, 1.165) is 42.8 Å². The summed E-state index contributed by atoms with van der Waals surface area (Å²) in [7, 11) is 1.65. The fraction of sp³-hybridized carbons (Fsp3) is 0.571. The topological polar surface area (TPSA) is 77.9 Å². The molecule has 2 fully saturated rings. The maximum Gasteiger partial charge on any atom is 0.258 e. The second-order valence-corrected chi connectivity index (χ2v) is 10.2. The largest absolute Gasteiger partial charge is 0.496 e. The SMILES string of the molecule is COc1cc(CN2c3cccnc3NC2CO)ccc1C(=O)N(C1CCCCC1)C1CCCCC1. The second-order valence-electron chi connectivity index (χ2n) is 10.2. The predicted molar refractivity (Wildman–Crippen MR) is 138 cm³/mol. The second kappa shape index (κ2) is 10.9. The quantitative estimate of drug-likeness (QED) is 0.586. The van der Waals surface area contributed by atoms with Crippen molar-refractivity contribution in [3.8, 4) is 5.75 Å². The summed E-state index contributed by atoms with van der Waals surface area (Å²) in [6.07, 6.45) is 13.4. The van der Waals surface area contributed by atoms with Crippen molar-refractivity contribution < 1.29 is 14.6 Å². The Hall–Kier alpha value is -2.80. The standard InChI is InChI=1S/C28H38N4O3/c1-35-25-17-20(18-31-24-13-8-16-29-27(24)30-26(31)19-33)14-15-23(25)28(34)32(21-9-4-2-5-10-21)22-11-6-3-7-12-22/h8,13-17,21-22,26,33H,2-7,9-12,18-19H2,1H3,(H,29,30). The van der Waals surface area contributed by atoms with Crippen molar-refractivity contribution >= 4 is 17.4 Å². The summed E-state index contributed by atoms with van der Waals surface area (Å²) < 4.78 is 5.78. The molecule has 1 unspecified atom stereocenters. The average Bonchev–Trinajstić information content (AvgIpc) is 3.27. The number of nitrogens with one attached hydrogen (secondary N) is 1. The van der Waals surface area contributed by atoms with Crippen LogP contribution in [0.15, 0.2) is 36.5 Å². The molecule has 0 saturated heterocycles. The Morgan fingerprint density at radius 1 is 1.09 bits per heavy atom. The van der Waals surface area contributed by atoms with Crippen LogP contribution in [0, 0.1) is 0 Å². The van der Waals surface area contributed by atoms with Crippen LogP contribution in [0.25, 0.3) is 0 Å². The van der Waals surface area contributed by atoms with E-state index >= 15 is 0 Å². The fourth-order valence-electron chi connectivity index (χ4n) is 6.18. The number of aromatic nitrogens is 1. The van der Waals surface area contributed by atoms with Crippen LogP contribution in [0.1, 0.15) is 80.1 Å². The molecule has 2 saturated carbocycles. The van der Waals surface area contributed by atoms with Gasteiger partial charge in [0.25, 0.3) is 5.91 Å². The number of nitrogens with zero attached hydrogens (tertiary/aromatic N) is 3. The molecule has 7 heteroatoms. The molecular formula is C28H38N4O3. The van der Waals surface area contributed by atoms with Gasteiger partial charge in [-0.05, 0) is 55.5 Å². The predicted octanol–water partition coefficient (Wildman–Crippen LogP) is 4.95. The Morgan fingerprint density at radius 3 is 2.40 bits per heavy atom. The molecule has 2 aromatic rings. The lowest BCUT2D eigenvalue weighted by atomic mass is 9.88. The number of hydrogen-bond donors (Lipinski definition) is 2. The first-order valence-electron chi connectivity index (χ1n) is 13.3. The molecule has 35 heavy (non-hydrogen) atoms. The number of hydrogen-bond acceptors (Lipinski definition) is 6. The van der Waals surface area contributed by atoms with E-state index < -0.39 is 0 Å². The van der Waals surface area contributed by atoms with Crippen molar-refractivity contribution in [2.24, 2.45) is 0 Å². The van der Waals surface area contributed by atoms with Gasteiger partial charge in [0, 0.05) is 24.8 Å². The van der Waals surface area contributed by atoms with Crippen LogP contribution in [0.4, 0.5) is 11.5 Å². The van der Waals surface area contributed by atoms with E-state index in [4.69, 9.17) is 4.74 Å².